The van der Waals surface area contributed by atoms with Crippen molar-refractivity contribution in [3.8, 4) is 23.1 Å². The molecule has 5 N–H and O–H groups in total. The molecule has 0 unspecified atom stereocenters. The Balaban J connectivity index is 1.27. The minimum atomic E-state index is -3.58. The lowest BCUT2D eigenvalue weighted by Gasteiger charge is -2.20. The fourth-order valence-electron chi connectivity index (χ4n) is 4.22. The quantitative estimate of drug-likeness (QED) is 0.118. The van der Waals surface area contributed by atoms with Gasteiger partial charge in [0, 0.05) is 30.4 Å². The maximum absolute atomic E-state index is 11.9. The summed E-state index contributed by atoms with van der Waals surface area (Å²) in [6.07, 6.45) is 2.23. The smallest absolute Gasteiger partial charge is 0.229 e. The van der Waals surface area contributed by atoms with Crippen molar-refractivity contribution >= 4 is 15.7 Å². The minimum absolute atomic E-state index is 0.0664. The van der Waals surface area contributed by atoms with Gasteiger partial charge in [-0.1, -0.05) is 42.5 Å². The summed E-state index contributed by atoms with van der Waals surface area (Å²) in [4.78, 5) is 4.15. The zero-order valence-corrected chi connectivity index (χ0v) is 25.1. The highest BCUT2D eigenvalue weighted by Crippen LogP contribution is 2.31. The number of aromatic nitrogens is 1. The van der Waals surface area contributed by atoms with E-state index in [-0.39, 0.29) is 44.7 Å². The Labute approximate surface area is 257 Å². The molecule has 1 aromatic heterocycles. The Bertz CT molecular complexity index is 1570. The standard InChI is InChI=1S/C32H37N3O8S/c1-44(39,40)35-30-17-29(13-14-31(30)42-21-24-6-3-2-4-7-24)41-22-27(38)18-34-26(20-37)16-23-9-11-28(12-10-23)43-32-25(19-36)8-5-15-33-32/h2-15,17,26-27,34-38H,16,18-22H2,1H3/t26-,27-/m0/s1. The van der Waals surface area contributed by atoms with Crippen LogP contribution in [-0.2, 0) is 29.7 Å². The molecule has 0 aliphatic heterocycles. The number of nitrogens with one attached hydrogen (secondary N) is 2. The van der Waals surface area contributed by atoms with Gasteiger partial charge in [0.15, 0.2) is 0 Å². The van der Waals surface area contributed by atoms with Gasteiger partial charge in [0.2, 0.25) is 15.9 Å². The van der Waals surface area contributed by atoms with Crippen molar-refractivity contribution in [2.45, 2.75) is 31.8 Å². The molecule has 0 saturated heterocycles. The van der Waals surface area contributed by atoms with Crippen molar-refractivity contribution in [3.05, 3.63) is 108 Å². The van der Waals surface area contributed by atoms with Crippen LogP contribution < -0.4 is 24.2 Å². The number of anilines is 1. The van der Waals surface area contributed by atoms with Gasteiger partial charge in [0.1, 0.15) is 36.6 Å². The molecule has 1 heterocycles. The fourth-order valence-corrected chi connectivity index (χ4v) is 4.78. The van der Waals surface area contributed by atoms with Crippen LogP contribution in [-0.4, -0.2) is 66.9 Å². The predicted molar refractivity (Wildman–Crippen MR) is 166 cm³/mol. The van der Waals surface area contributed by atoms with Crippen molar-refractivity contribution in [3.63, 3.8) is 0 Å². The molecular weight excluding hydrogens is 586 g/mol. The van der Waals surface area contributed by atoms with E-state index in [0.717, 1.165) is 17.4 Å². The SMILES string of the molecule is CS(=O)(=O)Nc1cc(OC[C@@H](O)CN[C@H](CO)Cc2ccc(Oc3ncccc3CO)cc2)ccc1OCc1ccccc1. The Kier molecular flexibility index (Phi) is 11.9. The van der Waals surface area contributed by atoms with Crippen molar-refractivity contribution < 1.29 is 37.9 Å². The molecule has 11 nitrogen and oxygen atoms in total. The van der Waals surface area contributed by atoms with Crippen LogP contribution in [0.3, 0.4) is 0 Å². The molecule has 0 bridgehead atoms. The van der Waals surface area contributed by atoms with Crippen LogP contribution in [0.4, 0.5) is 5.69 Å². The van der Waals surface area contributed by atoms with Gasteiger partial charge in [-0.05, 0) is 53.9 Å². The number of benzene rings is 3. The van der Waals surface area contributed by atoms with Crippen molar-refractivity contribution in [1.29, 1.82) is 0 Å². The third-order valence-corrected chi connectivity index (χ3v) is 7.02. The number of pyridine rings is 1. The van der Waals surface area contributed by atoms with E-state index in [2.05, 4.69) is 15.0 Å². The van der Waals surface area contributed by atoms with E-state index in [0.29, 0.717) is 35.1 Å². The maximum atomic E-state index is 11.9. The molecule has 0 aliphatic rings. The topological polar surface area (TPSA) is 159 Å². The van der Waals surface area contributed by atoms with E-state index in [1.54, 1.807) is 42.6 Å². The zero-order chi connectivity index (χ0) is 31.4. The average Bonchev–Trinajstić information content (AvgIpc) is 3.02. The molecule has 0 spiro atoms. The summed E-state index contributed by atoms with van der Waals surface area (Å²) in [5, 5.41) is 33.0. The molecule has 0 fully saturated rings. The van der Waals surface area contributed by atoms with Crippen LogP contribution in [0.5, 0.6) is 23.1 Å². The summed E-state index contributed by atoms with van der Waals surface area (Å²) in [6, 6.07) is 24.7. The monoisotopic (exact) mass is 623 g/mol. The number of nitrogens with zero attached hydrogens (tertiary/aromatic N) is 1. The van der Waals surface area contributed by atoms with Gasteiger partial charge >= 0.3 is 0 Å². The van der Waals surface area contributed by atoms with Crippen molar-refractivity contribution in [2.75, 3.05) is 30.7 Å². The van der Waals surface area contributed by atoms with Crippen LogP contribution >= 0.6 is 0 Å². The van der Waals surface area contributed by atoms with E-state index in [1.165, 1.54) is 6.07 Å². The zero-order valence-electron chi connectivity index (χ0n) is 24.3. The number of rotatable bonds is 17. The molecule has 0 saturated carbocycles. The summed E-state index contributed by atoms with van der Waals surface area (Å²) in [5.41, 5.74) is 2.68. The maximum Gasteiger partial charge on any atom is 0.229 e. The first-order valence-corrected chi connectivity index (χ1v) is 15.9. The Morgan fingerprint density at radius 2 is 1.64 bits per heavy atom. The van der Waals surface area contributed by atoms with E-state index in [4.69, 9.17) is 14.2 Å². The molecule has 0 radical (unpaired) electrons. The first-order valence-electron chi connectivity index (χ1n) is 14.0. The summed E-state index contributed by atoms with van der Waals surface area (Å²) in [5.74, 6) is 1.59. The predicted octanol–water partition coefficient (Wildman–Crippen LogP) is 3.25. The number of aliphatic hydroxyl groups excluding tert-OH is 3. The first-order chi connectivity index (χ1) is 21.2. The molecule has 234 valence electrons. The van der Waals surface area contributed by atoms with Crippen molar-refractivity contribution in [1.82, 2.24) is 10.3 Å². The van der Waals surface area contributed by atoms with Gasteiger partial charge < -0.3 is 34.8 Å². The van der Waals surface area contributed by atoms with E-state index in [9.17, 15) is 23.7 Å². The summed E-state index contributed by atoms with van der Waals surface area (Å²) in [7, 11) is -3.58. The normalized spacial score (nSPS) is 12.7. The van der Waals surface area contributed by atoms with Crippen LogP contribution in [0.15, 0.2) is 91.1 Å². The number of aliphatic hydroxyl groups is 3. The Morgan fingerprint density at radius 1 is 0.886 bits per heavy atom. The largest absolute Gasteiger partial charge is 0.491 e. The van der Waals surface area contributed by atoms with Gasteiger partial charge in [-0.15, -0.1) is 0 Å². The molecular formula is C32H37N3O8S. The van der Waals surface area contributed by atoms with Crippen LogP contribution in [0.2, 0.25) is 0 Å². The lowest BCUT2D eigenvalue weighted by atomic mass is 10.1. The number of hydrogen-bond acceptors (Lipinski definition) is 10. The fraction of sp³-hybridized carbons (Fsp3) is 0.281. The highest BCUT2D eigenvalue weighted by Gasteiger charge is 2.15. The number of sulfonamides is 1. The van der Waals surface area contributed by atoms with Crippen LogP contribution in [0.25, 0.3) is 0 Å². The van der Waals surface area contributed by atoms with Crippen LogP contribution in [0, 0.1) is 0 Å². The van der Waals surface area contributed by atoms with Crippen molar-refractivity contribution in [2.24, 2.45) is 0 Å². The minimum Gasteiger partial charge on any atom is -0.491 e. The second-order valence-electron chi connectivity index (χ2n) is 10.1. The molecule has 4 aromatic rings. The first kappa shape index (κ1) is 32.7. The molecule has 4 rings (SSSR count). The molecule has 0 amide bonds. The van der Waals surface area contributed by atoms with E-state index < -0.39 is 16.1 Å². The van der Waals surface area contributed by atoms with Crippen LogP contribution in [0.1, 0.15) is 16.7 Å². The lowest BCUT2D eigenvalue weighted by molar-refractivity contribution is 0.0997. The lowest BCUT2D eigenvalue weighted by Crippen LogP contribution is -2.41. The molecule has 3 aromatic carbocycles. The molecule has 2 atom stereocenters. The third kappa shape index (κ3) is 10.5. The van der Waals surface area contributed by atoms with Gasteiger partial charge in [0.05, 0.1) is 25.2 Å². The average molecular weight is 624 g/mol. The molecule has 0 aliphatic carbocycles. The molecule has 44 heavy (non-hydrogen) atoms. The van der Waals surface area contributed by atoms with Gasteiger partial charge in [-0.25, -0.2) is 13.4 Å². The summed E-state index contributed by atoms with van der Waals surface area (Å²) in [6.45, 7) is 0.0146. The van der Waals surface area contributed by atoms with Gasteiger partial charge in [-0.2, -0.15) is 0 Å². The third-order valence-electron chi connectivity index (χ3n) is 6.43. The van der Waals surface area contributed by atoms with E-state index in [1.807, 2.05) is 42.5 Å². The highest BCUT2D eigenvalue weighted by molar-refractivity contribution is 7.92. The molecule has 12 heteroatoms. The number of ether oxygens (including phenoxy) is 3. The second-order valence-corrected chi connectivity index (χ2v) is 11.9. The van der Waals surface area contributed by atoms with E-state index >= 15 is 0 Å². The highest BCUT2D eigenvalue weighted by atomic mass is 32.2. The summed E-state index contributed by atoms with van der Waals surface area (Å²) < 4.78 is 43.7. The number of hydrogen-bond donors (Lipinski definition) is 5. The second kappa shape index (κ2) is 16.0. The Morgan fingerprint density at radius 3 is 2.34 bits per heavy atom. The van der Waals surface area contributed by atoms with Gasteiger partial charge in [-0.3, -0.25) is 4.72 Å². The summed E-state index contributed by atoms with van der Waals surface area (Å²) >= 11 is 0. The van der Waals surface area contributed by atoms with Gasteiger partial charge in [0.25, 0.3) is 0 Å². The Hall–Kier alpha value is -4.20.